The van der Waals surface area contributed by atoms with Gasteiger partial charge in [0, 0.05) is 55.7 Å². The minimum Gasteiger partial charge on any atom is -0.475 e. The van der Waals surface area contributed by atoms with E-state index in [1.807, 2.05) is 0 Å². The molecule has 1 aromatic carbocycles. The number of nitrogens with one attached hydrogen (secondary N) is 1. The number of fused-ring (bicyclic) bond motifs is 2. The van der Waals surface area contributed by atoms with Crippen molar-refractivity contribution in [2.24, 2.45) is 17.3 Å². The number of nitrogens with zero attached hydrogens (tertiary/aromatic N) is 3. The molecular weight excluding hydrogens is 676 g/mol. The summed E-state index contributed by atoms with van der Waals surface area (Å²) in [4.78, 5) is 61.3. The third-order valence-corrected chi connectivity index (χ3v) is 11.8. The lowest BCUT2D eigenvalue weighted by atomic mass is 9.80. The van der Waals surface area contributed by atoms with Crippen molar-refractivity contribution in [3.63, 3.8) is 0 Å². The smallest absolute Gasteiger partial charge is 0.409 e. The van der Waals surface area contributed by atoms with Crippen molar-refractivity contribution >= 4 is 46.4 Å². The molecule has 3 amide bonds. The highest BCUT2D eigenvalue weighted by Gasteiger charge is 2.73. The van der Waals surface area contributed by atoms with E-state index in [2.05, 4.69) is 31.1 Å². The fourth-order valence-electron chi connectivity index (χ4n) is 8.42. The fraction of sp³-hybridized carbons (Fsp3) is 0.658. The molecule has 2 aromatic rings. The summed E-state index contributed by atoms with van der Waals surface area (Å²) >= 11 is 6.34. The highest BCUT2D eigenvalue weighted by molar-refractivity contribution is 6.31. The third-order valence-electron chi connectivity index (χ3n) is 11.6. The highest BCUT2D eigenvalue weighted by atomic mass is 35.5. The summed E-state index contributed by atoms with van der Waals surface area (Å²) < 4.78 is 23.6. The first kappa shape index (κ1) is 37.1. The van der Waals surface area contributed by atoms with E-state index in [9.17, 15) is 19.2 Å². The van der Waals surface area contributed by atoms with Gasteiger partial charge in [-0.3, -0.25) is 9.59 Å². The number of aromatic nitrogens is 1. The van der Waals surface area contributed by atoms with E-state index in [4.69, 9.17) is 30.5 Å². The van der Waals surface area contributed by atoms with Crippen LogP contribution in [0.25, 0.3) is 10.9 Å². The molecule has 1 N–H and O–H groups in total. The van der Waals surface area contributed by atoms with Crippen LogP contribution < -0.4 is 10.1 Å². The van der Waals surface area contributed by atoms with Gasteiger partial charge in [0.2, 0.25) is 11.5 Å². The van der Waals surface area contributed by atoms with E-state index in [1.54, 1.807) is 41.8 Å². The monoisotopic (exact) mass is 726 g/mol. The number of carbonyl (C=O) groups excluding carboxylic acids is 4. The van der Waals surface area contributed by atoms with E-state index in [1.165, 1.54) is 12.5 Å². The minimum absolute atomic E-state index is 0.0204. The first-order valence-corrected chi connectivity index (χ1v) is 18.8. The van der Waals surface area contributed by atoms with Crippen LogP contribution in [0.3, 0.4) is 0 Å². The number of hydrogen-bond donors (Lipinski definition) is 1. The highest BCUT2D eigenvalue weighted by Crippen LogP contribution is 2.71. The summed E-state index contributed by atoms with van der Waals surface area (Å²) in [6.45, 7) is 12.3. The number of pyridine rings is 1. The SMILES string of the molecule is CCOC(=O)N1CCN(C(=O)C(CCOC23CC(C)CCC2C3(C)C)NC(=O)c2cc(OC3(C(=O)OCC)CCC3)c3ccc(Cl)cc3n2)CC1. The van der Waals surface area contributed by atoms with Gasteiger partial charge >= 0.3 is 12.1 Å². The summed E-state index contributed by atoms with van der Waals surface area (Å²) in [5.41, 5.74) is -0.888. The Kier molecular flexibility index (Phi) is 10.8. The van der Waals surface area contributed by atoms with Crippen molar-refractivity contribution in [2.75, 3.05) is 46.0 Å². The second kappa shape index (κ2) is 14.8. The molecular formula is C38H51ClN4O8. The van der Waals surface area contributed by atoms with Crippen molar-refractivity contribution in [1.29, 1.82) is 0 Å². The first-order valence-electron chi connectivity index (χ1n) is 18.5. The van der Waals surface area contributed by atoms with Gasteiger partial charge in [0.05, 0.1) is 24.3 Å². The van der Waals surface area contributed by atoms with Gasteiger partial charge in [0.1, 0.15) is 17.5 Å². The molecule has 1 aromatic heterocycles. The predicted molar refractivity (Wildman–Crippen MR) is 191 cm³/mol. The van der Waals surface area contributed by atoms with Crippen molar-refractivity contribution in [2.45, 2.75) is 96.8 Å². The molecule has 51 heavy (non-hydrogen) atoms. The van der Waals surface area contributed by atoms with Crippen LogP contribution in [0.15, 0.2) is 24.3 Å². The Labute approximate surface area is 304 Å². The molecule has 2 heterocycles. The van der Waals surface area contributed by atoms with Gasteiger partial charge in [-0.1, -0.05) is 38.8 Å². The average Bonchev–Trinajstić information content (AvgIpc) is 3.57. The van der Waals surface area contributed by atoms with Crippen molar-refractivity contribution in [1.82, 2.24) is 20.1 Å². The Bertz CT molecular complexity index is 1660. The summed E-state index contributed by atoms with van der Waals surface area (Å²) in [7, 11) is 0. The summed E-state index contributed by atoms with van der Waals surface area (Å²) in [6, 6.07) is 5.68. The molecule has 3 aliphatic carbocycles. The van der Waals surface area contributed by atoms with Crippen LogP contribution in [-0.2, 0) is 23.8 Å². The van der Waals surface area contributed by atoms with Gasteiger partial charge in [-0.25, -0.2) is 14.6 Å². The Balaban J connectivity index is 1.23. The Hall–Kier alpha value is -3.64. The van der Waals surface area contributed by atoms with Crippen LogP contribution in [0.1, 0.15) is 90.1 Å². The number of halogens is 1. The maximum atomic E-state index is 14.1. The van der Waals surface area contributed by atoms with Gasteiger partial charge in [-0.15, -0.1) is 0 Å². The summed E-state index contributed by atoms with van der Waals surface area (Å²) in [5, 5.41) is 3.98. The number of hydrogen-bond acceptors (Lipinski definition) is 9. The van der Waals surface area contributed by atoms with Gasteiger partial charge in [-0.2, -0.15) is 0 Å². The number of amides is 3. The van der Waals surface area contributed by atoms with Crippen LogP contribution in [-0.4, -0.2) is 102 Å². The zero-order valence-corrected chi connectivity index (χ0v) is 31.2. The van der Waals surface area contributed by atoms with Crippen LogP contribution in [0.2, 0.25) is 5.02 Å². The zero-order chi connectivity index (χ0) is 36.6. The number of carbonyl (C=O) groups is 4. The van der Waals surface area contributed by atoms with Crippen LogP contribution in [0.5, 0.6) is 5.75 Å². The van der Waals surface area contributed by atoms with Crippen molar-refractivity contribution in [3.8, 4) is 5.75 Å². The van der Waals surface area contributed by atoms with E-state index in [0.29, 0.717) is 79.1 Å². The third kappa shape index (κ3) is 7.23. The maximum absolute atomic E-state index is 14.1. The number of benzene rings is 1. The lowest BCUT2D eigenvalue weighted by molar-refractivity contribution is -0.169. The molecule has 4 aliphatic rings. The van der Waals surface area contributed by atoms with Crippen molar-refractivity contribution in [3.05, 3.63) is 35.0 Å². The second-order valence-corrected chi connectivity index (χ2v) is 15.5. The van der Waals surface area contributed by atoms with Crippen LogP contribution in [0, 0.1) is 17.3 Å². The molecule has 13 heteroatoms. The number of esters is 1. The first-order chi connectivity index (χ1) is 24.3. The van der Waals surface area contributed by atoms with Gasteiger partial charge < -0.3 is 34.1 Å². The normalized spacial score (nSPS) is 25.2. The molecule has 3 saturated carbocycles. The molecule has 0 bridgehead atoms. The molecule has 1 aliphatic heterocycles. The lowest BCUT2D eigenvalue weighted by Crippen LogP contribution is -2.56. The molecule has 4 fully saturated rings. The van der Waals surface area contributed by atoms with Crippen LogP contribution in [0.4, 0.5) is 4.79 Å². The summed E-state index contributed by atoms with van der Waals surface area (Å²) in [6.07, 6.45) is 4.92. The quantitative estimate of drug-likeness (QED) is 0.270. The topological polar surface area (TPSA) is 137 Å². The molecule has 4 atom stereocenters. The number of ether oxygens (including phenoxy) is 4. The van der Waals surface area contributed by atoms with Gasteiger partial charge in [-0.05, 0) is 81.4 Å². The maximum Gasteiger partial charge on any atom is 0.409 e. The van der Waals surface area contributed by atoms with Gasteiger partial charge in [0.25, 0.3) is 5.91 Å². The lowest BCUT2D eigenvalue weighted by Gasteiger charge is -2.39. The van der Waals surface area contributed by atoms with E-state index < -0.39 is 29.6 Å². The van der Waals surface area contributed by atoms with Gasteiger partial charge in [0.15, 0.2) is 0 Å². The Morgan fingerprint density at radius 1 is 1.00 bits per heavy atom. The largest absolute Gasteiger partial charge is 0.475 e. The molecule has 0 spiro atoms. The second-order valence-electron chi connectivity index (χ2n) is 15.1. The Morgan fingerprint density at radius 2 is 1.71 bits per heavy atom. The molecule has 6 rings (SSSR count). The fourth-order valence-corrected chi connectivity index (χ4v) is 8.59. The molecule has 12 nitrogen and oxygen atoms in total. The van der Waals surface area contributed by atoms with Crippen molar-refractivity contribution < 1.29 is 38.1 Å². The zero-order valence-electron chi connectivity index (χ0n) is 30.4. The molecule has 4 unspecified atom stereocenters. The molecule has 278 valence electrons. The number of rotatable bonds is 12. The van der Waals surface area contributed by atoms with E-state index in [0.717, 1.165) is 19.3 Å². The minimum atomic E-state index is -1.15. The number of piperazine rings is 1. The van der Waals surface area contributed by atoms with E-state index >= 15 is 0 Å². The van der Waals surface area contributed by atoms with Crippen LogP contribution >= 0.6 is 11.6 Å². The Morgan fingerprint density at radius 3 is 2.37 bits per heavy atom. The molecule has 0 radical (unpaired) electrons. The average molecular weight is 727 g/mol. The standard InChI is InChI=1S/C38H51ClN4O8/c1-6-48-34(46)37(14-8-15-37)51-30-22-29(40-28-21-25(39)10-11-26(28)30)32(44)41-27(33(45)42-16-18-43(19-17-42)35(47)49-7-2)13-20-50-38-23-24(3)9-12-31(38)36(38,4)5/h10-11,21-22,24,27,31H,6-9,12-20,23H2,1-5H3,(H,41,44). The summed E-state index contributed by atoms with van der Waals surface area (Å²) in [5.74, 6) is 0.0704. The predicted octanol–water partition coefficient (Wildman–Crippen LogP) is 5.77. The van der Waals surface area contributed by atoms with E-state index in [-0.39, 0.29) is 42.3 Å². The molecule has 1 saturated heterocycles.